The second-order valence-electron chi connectivity index (χ2n) is 8.64. The van der Waals surface area contributed by atoms with Crippen LogP contribution in [0.5, 0.6) is 5.75 Å². The predicted octanol–water partition coefficient (Wildman–Crippen LogP) is 5.40. The second-order valence-corrected chi connectivity index (χ2v) is 10.9. The largest absolute Gasteiger partial charge is 0.489 e. The Balaban J connectivity index is 1.70. The van der Waals surface area contributed by atoms with E-state index in [4.69, 9.17) is 10.5 Å². The van der Waals surface area contributed by atoms with Gasteiger partial charge >= 0.3 is 0 Å². The second kappa shape index (κ2) is 13.1. The van der Waals surface area contributed by atoms with E-state index in [2.05, 4.69) is 42.8 Å². The number of halogens is 1. The van der Waals surface area contributed by atoms with Crippen LogP contribution in [-0.2, 0) is 13.0 Å². The lowest BCUT2D eigenvalue weighted by molar-refractivity contribution is 0.103. The molecule has 2 aromatic carbocycles. The highest BCUT2D eigenvalue weighted by molar-refractivity contribution is 8.01. The van der Waals surface area contributed by atoms with Gasteiger partial charge in [0.2, 0.25) is 5.78 Å². The van der Waals surface area contributed by atoms with E-state index in [1.54, 1.807) is 18.2 Å². The van der Waals surface area contributed by atoms with Crippen molar-refractivity contribution in [2.24, 2.45) is 11.7 Å². The van der Waals surface area contributed by atoms with E-state index in [-0.39, 0.29) is 17.8 Å². The summed E-state index contributed by atoms with van der Waals surface area (Å²) in [6.07, 6.45) is 0.694. The molecule has 0 amide bonds. The number of aromatic nitrogens is 2. The highest BCUT2D eigenvalue weighted by Crippen LogP contribution is 2.28. The standard InChI is InChI=1S/C26H33FN4O2S2/c1-5-31(6-2)23(28)16-34-26-30-29-25(35-26)24(32)19-9-12-22(20(14-19)13-17(3)4)33-15-18-7-10-21(27)11-8-18/h7-12,14,17,23H,5-6,13,15-16,28H2,1-4H3. The van der Waals surface area contributed by atoms with Gasteiger partial charge in [-0.05, 0) is 66.9 Å². The molecular weight excluding hydrogens is 483 g/mol. The van der Waals surface area contributed by atoms with Gasteiger partial charge in [0, 0.05) is 11.3 Å². The minimum Gasteiger partial charge on any atom is -0.489 e. The maximum atomic E-state index is 13.2. The summed E-state index contributed by atoms with van der Waals surface area (Å²) in [6.45, 7) is 10.5. The molecule has 35 heavy (non-hydrogen) atoms. The van der Waals surface area contributed by atoms with Gasteiger partial charge in [-0.2, -0.15) is 0 Å². The molecule has 0 saturated heterocycles. The van der Waals surface area contributed by atoms with Crippen molar-refractivity contribution in [1.29, 1.82) is 0 Å². The molecule has 188 valence electrons. The number of carbonyl (C=O) groups is 1. The molecule has 0 spiro atoms. The first-order valence-corrected chi connectivity index (χ1v) is 13.6. The molecule has 3 rings (SSSR count). The Morgan fingerprint density at radius 2 is 1.86 bits per heavy atom. The first kappa shape index (κ1) is 27.3. The average molecular weight is 517 g/mol. The number of rotatable bonds is 13. The van der Waals surface area contributed by atoms with Gasteiger partial charge in [-0.1, -0.05) is 62.9 Å². The molecule has 6 nitrogen and oxygen atoms in total. The summed E-state index contributed by atoms with van der Waals surface area (Å²) in [5.41, 5.74) is 8.64. The predicted molar refractivity (Wildman–Crippen MR) is 141 cm³/mol. The molecule has 0 radical (unpaired) electrons. The molecule has 1 aromatic heterocycles. The van der Waals surface area contributed by atoms with Gasteiger partial charge in [-0.25, -0.2) is 4.39 Å². The van der Waals surface area contributed by atoms with E-state index >= 15 is 0 Å². The summed E-state index contributed by atoms with van der Waals surface area (Å²) >= 11 is 2.82. The molecular formula is C26H33FN4O2S2. The van der Waals surface area contributed by atoms with Crippen molar-refractivity contribution in [2.45, 2.75) is 51.2 Å². The van der Waals surface area contributed by atoms with Crippen molar-refractivity contribution in [2.75, 3.05) is 18.8 Å². The number of thioether (sulfide) groups is 1. The van der Waals surface area contributed by atoms with E-state index in [9.17, 15) is 9.18 Å². The number of carbonyl (C=O) groups excluding carboxylic acids is 1. The smallest absolute Gasteiger partial charge is 0.223 e. The van der Waals surface area contributed by atoms with Crippen LogP contribution in [-0.4, -0.2) is 45.9 Å². The average Bonchev–Trinajstić information content (AvgIpc) is 3.32. The van der Waals surface area contributed by atoms with Gasteiger partial charge < -0.3 is 10.5 Å². The maximum Gasteiger partial charge on any atom is 0.223 e. The van der Waals surface area contributed by atoms with Crippen molar-refractivity contribution in [1.82, 2.24) is 15.1 Å². The lowest BCUT2D eigenvalue weighted by atomic mass is 9.98. The van der Waals surface area contributed by atoms with Crippen LogP contribution in [0.15, 0.2) is 46.8 Å². The monoisotopic (exact) mass is 516 g/mol. The Morgan fingerprint density at radius 1 is 1.14 bits per heavy atom. The third kappa shape index (κ3) is 7.83. The third-order valence-electron chi connectivity index (χ3n) is 5.52. The van der Waals surface area contributed by atoms with Crippen molar-refractivity contribution in [3.8, 4) is 5.75 Å². The molecule has 0 aliphatic carbocycles. The van der Waals surface area contributed by atoms with Gasteiger partial charge in [-0.15, -0.1) is 10.2 Å². The normalized spacial score (nSPS) is 12.3. The summed E-state index contributed by atoms with van der Waals surface area (Å²) < 4.78 is 19.9. The lowest BCUT2D eigenvalue weighted by Crippen LogP contribution is -2.43. The summed E-state index contributed by atoms with van der Waals surface area (Å²) in [6, 6.07) is 11.7. The zero-order chi connectivity index (χ0) is 25.4. The van der Waals surface area contributed by atoms with E-state index in [1.165, 1.54) is 35.2 Å². The Hall–Kier alpha value is -2.33. The number of hydrogen-bond acceptors (Lipinski definition) is 8. The van der Waals surface area contributed by atoms with Crippen molar-refractivity contribution >= 4 is 28.9 Å². The molecule has 1 unspecified atom stereocenters. The SMILES string of the molecule is CCN(CC)C(N)CSc1nnc(C(=O)c2ccc(OCc3ccc(F)cc3)c(CC(C)C)c2)s1. The lowest BCUT2D eigenvalue weighted by Gasteiger charge is -2.25. The molecule has 1 atom stereocenters. The molecule has 3 aromatic rings. The van der Waals surface area contributed by atoms with E-state index in [0.29, 0.717) is 28.8 Å². The van der Waals surface area contributed by atoms with Gasteiger partial charge in [-0.3, -0.25) is 9.69 Å². The van der Waals surface area contributed by atoms with Gasteiger partial charge in [0.15, 0.2) is 9.35 Å². The molecule has 0 aliphatic heterocycles. The zero-order valence-electron chi connectivity index (χ0n) is 20.7. The summed E-state index contributed by atoms with van der Waals surface area (Å²) in [7, 11) is 0. The first-order valence-electron chi connectivity index (χ1n) is 11.8. The zero-order valence-corrected chi connectivity index (χ0v) is 22.3. The van der Waals surface area contributed by atoms with Crippen LogP contribution in [0.25, 0.3) is 0 Å². The third-order valence-corrected chi connectivity index (χ3v) is 7.68. The number of ether oxygens (including phenoxy) is 1. The number of nitrogens with two attached hydrogens (primary N) is 1. The number of ketones is 1. The highest BCUT2D eigenvalue weighted by atomic mass is 32.2. The van der Waals surface area contributed by atoms with Gasteiger partial charge in [0.25, 0.3) is 0 Å². The molecule has 1 heterocycles. The number of hydrogen-bond donors (Lipinski definition) is 1. The Bertz CT molecular complexity index is 1100. The fraction of sp³-hybridized carbons (Fsp3) is 0.423. The van der Waals surface area contributed by atoms with Crippen LogP contribution in [0.3, 0.4) is 0 Å². The highest BCUT2D eigenvalue weighted by Gasteiger charge is 2.19. The molecule has 2 N–H and O–H groups in total. The molecule has 0 saturated carbocycles. The van der Waals surface area contributed by atoms with Crippen LogP contribution in [0.2, 0.25) is 0 Å². The number of nitrogens with zero attached hydrogens (tertiary/aromatic N) is 3. The summed E-state index contributed by atoms with van der Waals surface area (Å²) in [4.78, 5) is 15.3. The summed E-state index contributed by atoms with van der Waals surface area (Å²) in [5.74, 6) is 1.36. The fourth-order valence-corrected chi connectivity index (χ4v) is 5.48. The van der Waals surface area contributed by atoms with Crippen molar-refractivity contribution in [3.63, 3.8) is 0 Å². The minimum absolute atomic E-state index is 0.0703. The van der Waals surface area contributed by atoms with Crippen molar-refractivity contribution < 1.29 is 13.9 Å². The summed E-state index contributed by atoms with van der Waals surface area (Å²) in [5, 5.41) is 8.68. The van der Waals surface area contributed by atoms with Gasteiger partial charge in [0.05, 0.1) is 6.17 Å². The first-order chi connectivity index (χ1) is 16.8. The molecule has 9 heteroatoms. The molecule has 0 fully saturated rings. The van der Waals surface area contributed by atoms with Crippen LogP contribution >= 0.6 is 23.1 Å². The van der Waals surface area contributed by atoms with Crippen LogP contribution in [0.4, 0.5) is 4.39 Å². The van der Waals surface area contributed by atoms with Gasteiger partial charge in [0.1, 0.15) is 18.2 Å². The fourth-order valence-electron chi connectivity index (χ4n) is 3.64. The molecule has 0 aliphatic rings. The number of benzene rings is 2. The van der Waals surface area contributed by atoms with Crippen LogP contribution < -0.4 is 10.5 Å². The molecule has 0 bridgehead atoms. The minimum atomic E-state index is -0.276. The Morgan fingerprint density at radius 3 is 2.51 bits per heavy atom. The topological polar surface area (TPSA) is 81.3 Å². The quantitative estimate of drug-likeness (QED) is 0.185. The Kier molecular flexibility index (Phi) is 10.2. The van der Waals surface area contributed by atoms with Crippen LogP contribution in [0.1, 0.15) is 54.2 Å². The Labute approximate surface area is 215 Å². The van der Waals surface area contributed by atoms with E-state index in [1.807, 2.05) is 12.1 Å². The van der Waals surface area contributed by atoms with E-state index in [0.717, 1.165) is 40.7 Å². The van der Waals surface area contributed by atoms with E-state index < -0.39 is 0 Å². The maximum absolute atomic E-state index is 13.2. The van der Waals surface area contributed by atoms with Crippen molar-refractivity contribution in [3.05, 3.63) is 70.0 Å². The van der Waals surface area contributed by atoms with Crippen LogP contribution in [0, 0.1) is 11.7 Å².